The Kier molecular flexibility index (Phi) is 5.98. The van der Waals surface area contributed by atoms with Gasteiger partial charge < -0.3 is 10.2 Å². The van der Waals surface area contributed by atoms with E-state index in [1.54, 1.807) is 6.07 Å². The van der Waals surface area contributed by atoms with Gasteiger partial charge in [0.1, 0.15) is 16.5 Å². The second-order valence-corrected chi connectivity index (χ2v) is 9.25. The number of phenols is 2. The van der Waals surface area contributed by atoms with Crippen LogP contribution in [0.3, 0.4) is 0 Å². The Morgan fingerprint density at radius 2 is 1.45 bits per heavy atom. The number of hydrogen-bond acceptors (Lipinski definition) is 4. The lowest BCUT2D eigenvalue weighted by atomic mass is 9.82. The lowest BCUT2D eigenvalue weighted by Gasteiger charge is -2.34. The van der Waals surface area contributed by atoms with E-state index in [1.807, 2.05) is 0 Å². The molecule has 0 saturated carbocycles. The first-order valence-corrected chi connectivity index (χ1v) is 10.9. The summed E-state index contributed by atoms with van der Waals surface area (Å²) in [4.78, 5) is 0. The lowest BCUT2D eigenvalue weighted by Crippen LogP contribution is -2.38. The molecule has 0 radical (unpaired) electrons. The van der Waals surface area contributed by atoms with Crippen LogP contribution in [0.1, 0.15) is 16.7 Å². The highest BCUT2D eigenvalue weighted by Crippen LogP contribution is 2.55. The van der Waals surface area contributed by atoms with E-state index in [-0.39, 0.29) is 26.2 Å². The summed E-state index contributed by atoms with van der Waals surface area (Å²) < 4.78 is 33.9. The molecule has 29 heavy (non-hydrogen) atoms. The van der Waals surface area contributed by atoms with Crippen molar-refractivity contribution < 1.29 is 23.2 Å². The summed E-state index contributed by atoms with van der Waals surface area (Å²) in [6.45, 7) is 0. The topological polar surface area (TPSA) is 94.8 Å². The van der Waals surface area contributed by atoms with Crippen LogP contribution in [0.2, 0.25) is 20.1 Å². The third-order valence-electron chi connectivity index (χ3n) is 4.40. The summed E-state index contributed by atoms with van der Waals surface area (Å²) in [7, 11) is -5.16. The number of benzene rings is 3. The highest BCUT2D eigenvalue weighted by Gasteiger charge is 2.53. The predicted octanol–water partition coefficient (Wildman–Crippen LogP) is 5.89. The molecule has 5 nitrogen and oxygen atoms in total. The molecule has 3 aromatic carbocycles. The van der Waals surface area contributed by atoms with E-state index < -0.39 is 37.0 Å². The van der Waals surface area contributed by atoms with Gasteiger partial charge in [-0.25, -0.2) is 0 Å². The van der Waals surface area contributed by atoms with E-state index in [2.05, 4.69) is 0 Å². The second-order valence-electron chi connectivity index (χ2n) is 6.06. The van der Waals surface area contributed by atoms with E-state index in [0.29, 0.717) is 0 Å². The third-order valence-corrected chi connectivity index (χ3v) is 7.18. The van der Waals surface area contributed by atoms with Gasteiger partial charge in [0, 0.05) is 21.7 Å². The molecule has 0 fully saturated rings. The minimum Gasteiger partial charge on any atom is -0.507 e. The van der Waals surface area contributed by atoms with E-state index >= 15 is 0 Å². The van der Waals surface area contributed by atoms with Gasteiger partial charge >= 0.3 is 0 Å². The summed E-state index contributed by atoms with van der Waals surface area (Å²) in [5.74, 6) is -1.57. The van der Waals surface area contributed by atoms with Gasteiger partial charge in [0.2, 0.25) is 0 Å². The van der Waals surface area contributed by atoms with Crippen molar-refractivity contribution in [2.24, 2.45) is 0 Å². The van der Waals surface area contributed by atoms with Crippen LogP contribution in [-0.2, 0) is 14.9 Å². The molecular weight excluding hydrogens is 482 g/mol. The van der Waals surface area contributed by atoms with Crippen molar-refractivity contribution in [3.63, 3.8) is 0 Å². The van der Waals surface area contributed by atoms with Gasteiger partial charge in [-0.15, -0.1) is 0 Å². The summed E-state index contributed by atoms with van der Waals surface area (Å²) >= 11 is 24.3. The molecule has 1 unspecified atom stereocenters. The van der Waals surface area contributed by atoms with Crippen LogP contribution >= 0.6 is 46.4 Å². The van der Waals surface area contributed by atoms with Gasteiger partial charge in [-0.1, -0.05) is 76.7 Å². The Morgan fingerprint density at radius 1 is 0.828 bits per heavy atom. The first kappa shape index (κ1) is 22.0. The molecule has 0 saturated heterocycles. The largest absolute Gasteiger partial charge is 0.507 e. The highest BCUT2D eigenvalue weighted by atomic mass is 35.5. The average Bonchev–Trinajstić information content (AvgIpc) is 2.65. The second kappa shape index (κ2) is 7.87. The van der Waals surface area contributed by atoms with Crippen molar-refractivity contribution in [2.75, 3.05) is 0 Å². The predicted molar refractivity (Wildman–Crippen MR) is 114 cm³/mol. The Bertz CT molecular complexity index is 1200. The lowest BCUT2D eigenvalue weighted by molar-refractivity contribution is 0.416. The van der Waals surface area contributed by atoms with E-state index in [4.69, 9.17) is 46.4 Å². The van der Waals surface area contributed by atoms with Crippen molar-refractivity contribution >= 4 is 56.5 Å². The minimum absolute atomic E-state index is 0.0318. The van der Waals surface area contributed by atoms with E-state index in [9.17, 15) is 23.2 Å². The molecule has 0 spiro atoms. The number of aromatic hydroxyl groups is 2. The van der Waals surface area contributed by atoms with Gasteiger partial charge in [-0.2, -0.15) is 8.42 Å². The zero-order valence-corrected chi connectivity index (χ0v) is 18.1. The first-order chi connectivity index (χ1) is 13.5. The molecule has 0 aliphatic carbocycles. The van der Waals surface area contributed by atoms with Crippen molar-refractivity contribution in [2.45, 2.75) is 4.75 Å². The minimum atomic E-state index is -5.16. The van der Waals surface area contributed by atoms with E-state index in [1.165, 1.54) is 42.5 Å². The van der Waals surface area contributed by atoms with Gasteiger partial charge in [-0.3, -0.25) is 4.55 Å². The van der Waals surface area contributed by atoms with Gasteiger partial charge in [-0.05, 0) is 23.8 Å². The van der Waals surface area contributed by atoms with Crippen LogP contribution in [0.5, 0.6) is 11.5 Å². The number of halogens is 4. The Labute approximate surface area is 186 Å². The van der Waals surface area contributed by atoms with Gasteiger partial charge in [0.05, 0.1) is 10.6 Å². The number of rotatable bonds is 4. The molecule has 3 N–H and O–H groups in total. The summed E-state index contributed by atoms with van der Waals surface area (Å²) in [5, 5.41) is 20.7. The maximum Gasteiger partial charge on any atom is 0.283 e. The highest BCUT2D eigenvalue weighted by molar-refractivity contribution is 7.87. The molecular formula is C19H12Cl4O5S. The Morgan fingerprint density at radius 3 is 2.03 bits per heavy atom. The standard InChI is InChI=1S/C19H12Cl4O5S/c20-11-6-7-13(21)12(8-11)19(29(26,27)28,10-4-2-1-3-5-10)16-15(24)9-14(22)17(23)18(16)25/h1-9,24-25H,(H,26,27,28). The normalized spacial score (nSPS) is 13.8. The van der Waals surface area contributed by atoms with Crippen LogP contribution in [0, 0.1) is 0 Å². The fourth-order valence-corrected chi connectivity index (χ4v) is 5.41. The molecule has 0 amide bonds. The van der Waals surface area contributed by atoms with Crippen molar-refractivity contribution in [3.8, 4) is 11.5 Å². The zero-order chi connectivity index (χ0) is 21.6. The van der Waals surface area contributed by atoms with Crippen LogP contribution in [0.4, 0.5) is 0 Å². The zero-order valence-electron chi connectivity index (χ0n) is 14.3. The summed E-state index contributed by atoms with van der Waals surface area (Å²) in [5.41, 5.74) is -0.857. The monoisotopic (exact) mass is 492 g/mol. The van der Waals surface area contributed by atoms with Crippen LogP contribution in [0.15, 0.2) is 54.6 Å². The van der Waals surface area contributed by atoms with E-state index in [0.717, 1.165) is 6.07 Å². The first-order valence-electron chi connectivity index (χ1n) is 7.90. The number of hydrogen-bond donors (Lipinski definition) is 3. The molecule has 10 heteroatoms. The molecule has 0 bridgehead atoms. The molecule has 0 aliphatic heterocycles. The molecule has 0 heterocycles. The van der Waals surface area contributed by atoms with Crippen molar-refractivity contribution in [3.05, 3.63) is 91.4 Å². The fourth-order valence-electron chi connectivity index (χ4n) is 3.24. The van der Waals surface area contributed by atoms with Crippen molar-refractivity contribution in [1.29, 1.82) is 0 Å². The molecule has 3 aromatic rings. The molecule has 0 aromatic heterocycles. The summed E-state index contributed by atoms with van der Waals surface area (Å²) in [6, 6.07) is 12.3. The van der Waals surface area contributed by atoms with Gasteiger partial charge in [0.25, 0.3) is 10.1 Å². The fraction of sp³-hybridized carbons (Fsp3) is 0.0526. The number of phenolic OH excluding ortho intramolecular Hbond substituents is 2. The maximum atomic E-state index is 13.0. The smallest absolute Gasteiger partial charge is 0.283 e. The molecule has 1 atom stereocenters. The Balaban J connectivity index is 2.67. The van der Waals surface area contributed by atoms with Crippen LogP contribution in [0.25, 0.3) is 0 Å². The Hall–Kier alpha value is -1.67. The van der Waals surface area contributed by atoms with Crippen LogP contribution in [-0.4, -0.2) is 23.2 Å². The van der Waals surface area contributed by atoms with Gasteiger partial charge in [0.15, 0.2) is 4.75 Å². The van der Waals surface area contributed by atoms with Crippen molar-refractivity contribution in [1.82, 2.24) is 0 Å². The quantitative estimate of drug-likeness (QED) is 0.311. The molecule has 3 rings (SSSR count). The summed E-state index contributed by atoms with van der Waals surface area (Å²) in [6.07, 6.45) is 0. The third kappa shape index (κ3) is 3.54. The SMILES string of the molecule is O=S(=O)(O)C(c1ccccc1)(c1cc(Cl)ccc1Cl)c1c(O)cc(Cl)c(Cl)c1O. The molecule has 0 aliphatic rings. The maximum absolute atomic E-state index is 13.0. The molecule has 152 valence electrons. The van der Waals surface area contributed by atoms with Crippen LogP contribution < -0.4 is 0 Å². The average molecular weight is 494 g/mol.